The Kier molecular flexibility index (Phi) is 6.01. The number of ether oxygens (including phenoxy) is 1. The number of methoxy groups -OCH3 is 1. The first-order chi connectivity index (χ1) is 9.40. The van der Waals surface area contributed by atoms with Crippen LogP contribution in [0.15, 0.2) is 9.85 Å². The fourth-order valence-corrected chi connectivity index (χ4v) is 3.38. The van der Waals surface area contributed by atoms with Gasteiger partial charge in [0.15, 0.2) is 0 Å². The summed E-state index contributed by atoms with van der Waals surface area (Å²) in [6.45, 7) is 3.75. The molecule has 1 amide bonds. The van der Waals surface area contributed by atoms with Gasteiger partial charge in [-0.25, -0.2) is 0 Å². The Bertz CT molecular complexity index is 497. The molecular weight excluding hydrogens is 346 g/mol. The lowest BCUT2D eigenvalue weighted by Gasteiger charge is -2.26. The molecule has 0 aliphatic heterocycles. The first-order valence-corrected chi connectivity index (χ1v) is 7.86. The van der Waals surface area contributed by atoms with E-state index in [1.807, 2.05) is 13.8 Å². The van der Waals surface area contributed by atoms with Crippen molar-refractivity contribution in [1.29, 1.82) is 0 Å². The molecule has 2 N–H and O–H groups in total. The number of amides is 1. The zero-order valence-electron chi connectivity index (χ0n) is 11.7. The van der Waals surface area contributed by atoms with Crippen molar-refractivity contribution in [2.45, 2.75) is 26.7 Å². The third-order valence-corrected chi connectivity index (χ3v) is 5.27. The van der Waals surface area contributed by atoms with Crippen LogP contribution < -0.4 is 10.1 Å². The van der Waals surface area contributed by atoms with Crippen LogP contribution in [-0.2, 0) is 4.79 Å². The molecule has 0 aliphatic carbocycles. The molecule has 0 atom stereocenters. The van der Waals surface area contributed by atoms with Crippen molar-refractivity contribution >= 4 is 39.1 Å². The minimum atomic E-state index is -0.908. The van der Waals surface area contributed by atoms with Crippen molar-refractivity contribution in [2.24, 2.45) is 5.41 Å². The number of halogens is 1. The second-order valence-corrected chi connectivity index (χ2v) is 6.80. The molecule has 0 fully saturated rings. The molecule has 0 saturated carbocycles. The Hall–Kier alpha value is -1.08. The van der Waals surface area contributed by atoms with E-state index < -0.39 is 11.4 Å². The molecule has 0 saturated heterocycles. The van der Waals surface area contributed by atoms with Gasteiger partial charge in [-0.1, -0.05) is 13.8 Å². The third kappa shape index (κ3) is 3.52. The molecule has 112 valence electrons. The highest BCUT2D eigenvalue weighted by atomic mass is 79.9. The molecule has 1 rings (SSSR count). The van der Waals surface area contributed by atoms with Crippen molar-refractivity contribution in [2.75, 3.05) is 13.7 Å². The van der Waals surface area contributed by atoms with E-state index in [-0.39, 0.29) is 12.5 Å². The summed E-state index contributed by atoms with van der Waals surface area (Å²) in [5.74, 6) is -0.574. The van der Waals surface area contributed by atoms with E-state index >= 15 is 0 Å². The summed E-state index contributed by atoms with van der Waals surface area (Å²) in [6.07, 6.45) is 0.938. The molecule has 1 aromatic rings. The van der Waals surface area contributed by atoms with Gasteiger partial charge in [-0.05, 0) is 28.8 Å². The van der Waals surface area contributed by atoms with Crippen LogP contribution in [0.4, 0.5) is 0 Å². The van der Waals surface area contributed by atoms with Gasteiger partial charge in [0, 0.05) is 12.6 Å². The molecule has 1 heterocycles. The molecule has 5 nitrogen and oxygen atoms in total. The second kappa shape index (κ2) is 7.08. The number of nitrogens with one attached hydrogen (secondary N) is 1. The lowest BCUT2D eigenvalue weighted by atomic mass is 9.82. The minimum absolute atomic E-state index is 0.117. The average Bonchev–Trinajstić information content (AvgIpc) is 2.81. The predicted molar refractivity (Wildman–Crippen MR) is 81.6 cm³/mol. The monoisotopic (exact) mass is 363 g/mol. The Morgan fingerprint density at radius 1 is 1.45 bits per heavy atom. The highest BCUT2D eigenvalue weighted by Crippen LogP contribution is 2.34. The number of carbonyl (C=O) groups is 2. The minimum Gasteiger partial charge on any atom is -0.495 e. The van der Waals surface area contributed by atoms with Crippen LogP contribution in [0.1, 0.15) is 36.4 Å². The summed E-state index contributed by atoms with van der Waals surface area (Å²) in [5, 5.41) is 12.0. The smallest absolute Gasteiger partial charge is 0.311 e. The zero-order valence-corrected chi connectivity index (χ0v) is 14.1. The van der Waals surface area contributed by atoms with Gasteiger partial charge in [0.05, 0.1) is 17.4 Å². The Morgan fingerprint density at radius 3 is 2.45 bits per heavy atom. The van der Waals surface area contributed by atoms with Crippen LogP contribution in [-0.4, -0.2) is 30.6 Å². The molecule has 0 radical (unpaired) electrons. The van der Waals surface area contributed by atoms with Crippen molar-refractivity contribution < 1.29 is 19.4 Å². The van der Waals surface area contributed by atoms with Gasteiger partial charge in [-0.2, -0.15) is 0 Å². The normalized spacial score (nSPS) is 11.2. The molecule has 7 heteroatoms. The van der Waals surface area contributed by atoms with Crippen LogP contribution in [0, 0.1) is 5.41 Å². The topological polar surface area (TPSA) is 75.6 Å². The van der Waals surface area contributed by atoms with Gasteiger partial charge in [0.1, 0.15) is 9.54 Å². The van der Waals surface area contributed by atoms with Crippen LogP contribution >= 0.6 is 27.3 Å². The number of rotatable bonds is 7. The second-order valence-electron chi connectivity index (χ2n) is 4.43. The molecule has 0 unspecified atom stereocenters. The summed E-state index contributed by atoms with van der Waals surface area (Å²) in [5.41, 5.74) is -0.908. The maximum Gasteiger partial charge on any atom is 0.311 e. The number of carbonyl (C=O) groups excluding carboxylic acids is 1. The standard InChI is InChI=1S/C13H18BrNO4S/c1-4-13(5-2,12(17)18)7-15-11(16)9-6-8(19-3)10(14)20-9/h6H,4-5,7H2,1-3H3,(H,15,16)(H,17,18). The Labute approximate surface area is 130 Å². The fraction of sp³-hybridized carbons (Fsp3) is 0.538. The van der Waals surface area contributed by atoms with Gasteiger partial charge in [0.25, 0.3) is 5.91 Å². The summed E-state index contributed by atoms with van der Waals surface area (Å²) in [7, 11) is 1.53. The van der Waals surface area contributed by atoms with Gasteiger partial charge >= 0.3 is 5.97 Å². The number of hydrogen-bond acceptors (Lipinski definition) is 4. The molecular formula is C13H18BrNO4S. The highest BCUT2D eigenvalue weighted by Gasteiger charge is 2.35. The zero-order chi connectivity index (χ0) is 15.3. The van der Waals surface area contributed by atoms with Gasteiger partial charge < -0.3 is 15.2 Å². The number of thiophene rings is 1. The van der Waals surface area contributed by atoms with E-state index in [0.717, 1.165) is 3.79 Å². The molecule has 0 aliphatic rings. The summed E-state index contributed by atoms with van der Waals surface area (Å²) in [6, 6.07) is 1.63. The molecule has 20 heavy (non-hydrogen) atoms. The Balaban J connectivity index is 2.77. The molecule has 0 spiro atoms. The van der Waals surface area contributed by atoms with Crippen molar-refractivity contribution in [1.82, 2.24) is 5.32 Å². The highest BCUT2D eigenvalue weighted by molar-refractivity contribution is 9.11. The van der Waals surface area contributed by atoms with Crippen LogP contribution in [0.2, 0.25) is 0 Å². The maximum absolute atomic E-state index is 12.1. The molecule has 0 aromatic carbocycles. The van der Waals surface area contributed by atoms with Crippen molar-refractivity contribution in [3.05, 3.63) is 14.7 Å². The summed E-state index contributed by atoms with van der Waals surface area (Å²) < 4.78 is 5.83. The quantitative estimate of drug-likeness (QED) is 0.780. The van der Waals surface area contributed by atoms with Crippen molar-refractivity contribution in [3.63, 3.8) is 0 Å². The average molecular weight is 364 g/mol. The number of hydrogen-bond donors (Lipinski definition) is 2. The van der Waals surface area contributed by atoms with E-state index in [1.54, 1.807) is 6.07 Å². The lowest BCUT2D eigenvalue weighted by molar-refractivity contribution is -0.149. The van der Waals surface area contributed by atoms with Crippen LogP contribution in [0.3, 0.4) is 0 Å². The van der Waals surface area contributed by atoms with E-state index in [2.05, 4.69) is 21.2 Å². The largest absolute Gasteiger partial charge is 0.495 e. The Morgan fingerprint density at radius 2 is 2.05 bits per heavy atom. The summed E-state index contributed by atoms with van der Waals surface area (Å²) >= 11 is 4.56. The number of aliphatic carboxylic acids is 1. The number of carboxylic acid groups (broad SMARTS) is 1. The SMILES string of the molecule is CCC(CC)(CNC(=O)c1cc(OC)c(Br)s1)C(=O)O. The maximum atomic E-state index is 12.1. The van der Waals surface area contributed by atoms with Crippen LogP contribution in [0.5, 0.6) is 5.75 Å². The fourth-order valence-electron chi connectivity index (χ4n) is 1.82. The first kappa shape index (κ1) is 17.0. The van der Waals surface area contributed by atoms with Gasteiger partial charge in [0.2, 0.25) is 0 Å². The van der Waals surface area contributed by atoms with Crippen molar-refractivity contribution in [3.8, 4) is 5.75 Å². The third-order valence-electron chi connectivity index (χ3n) is 3.49. The van der Waals surface area contributed by atoms with Gasteiger partial charge in [-0.15, -0.1) is 11.3 Å². The number of carboxylic acids is 1. The van der Waals surface area contributed by atoms with E-state index in [9.17, 15) is 14.7 Å². The molecule has 1 aromatic heterocycles. The summed E-state index contributed by atoms with van der Waals surface area (Å²) in [4.78, 5) is 23.9. The molecule has 0 bridgehead atoms. The van der Waals surface area contributed by atoms with Crippen LogP contribution in [0.25, 0.3) is 0 Å². The van der Waals surface area contributed by atoms with E-state index in [4.69, 9.17) is 4.74 Å². The first-order valence-electron chi connectivity index (χ1n) is 6.25. The lowest BCUT2D eigenvalue weighted by Crippen LogP contribution is -2.42. The van der Waals surface area contributed by atoms with E-state index in [0.29, 0.717) is 23.5 Å². The van der Waals surface area contributed by atoms with E-state index in [1.165, 1.54) is 18.4 Å². The van der Waals surface area contributed by atoms with Gasteiger partial charge in [-0.3, -0.25) is 9.59 Å². The predicted octanol–water partition coefficient (Wildman–Crippen LogP) is 3.14.